The summed E-state index contributed by atoms with van der Waals surface area (Å²) in [5, 5.41) is 17.3. The summed E-state index contributed by atoms with van der Waals surface area (Å²) < 4.78 is 0. The Bertz CT molecular complexity index is 362. The van der Waals surface area contributed by atoms with E-state index >= 15 is 0 Å². The van der Waals surface area contributed by atoms with Crippen LogP contribution in [0.4, 0.5) is 0 Å². The molecule has 0 amide bonds. The molecule has 1 unspecified atom stereocenters. The highest BCUT2D eigenvalue weighted by molar-refractivity contribution is 6.58. The topological polar surface area (TPSA) is 86.8 Å². The van der Waals surface area contributed by atoms with Crippen LogP contribution in [0.3, 0.4) is 0 Å². The summed E-state index contributed by atoms with van der Waals surface area (Å²) in [5.74, 6) is 0. The van der Waals surface area contributed by atoms with Crippen molar-refractivity contribution in [3.05, 3.63) is 29.8 Å². The fourth-order valence-electron chi connectivity index (χ4n) is 1.72. The second-order valence-corrected chi connectivity index (χ2v) is 4.47. The van der Waals surface area contributed by atoms with Crippen molar-refractivity contribution < 1.29 is 14.8 Å². The van der Waals surface area contributed by atoms with Gasteiger partial charge in [0.05, 0.1) is 0 Å². The molecule has 2 rings (SSSR count). The molecule has 6 heteroatoms. The van der Waals surface area contributed by atoms with Crippen molar-refractivity contribution in [3.8, 4) is 0 Å². The van der Waals surface area contributed by atoms with Gasteiger partial charge in [0.25, 0.3) is 0 Å². The van der Waals surface area contributed by atoms with Crippen LogP contribution in [-0.4, -0.2) is 54.5 Å². The summed E-state index contributed by atoms with van der Waals surface area (Å²) in [6.45, 7) is 2.27. The van der Waals surface area contributed by atoms with Gasteiger partial charge in [0, 0.05) is 18.2 Å². The molecule has 0 bridgehead atoms. The first-order valence-corrected chi connectivity index (χ1v) is 5.88. The lowest BCUT2D eigenvalue weighted by molar-refractivity contribution is 0.112. The van der Waals surface area contributed by atoms with Gasteiger partial charge in [-0.15, -0.1) is 0 Å². The number of rotatable bonds is 2. The smallest absolute Gasteiger partial charge is 0.423 e. The second-order valence-electron chi connectivity index (χ2n) is 4.47. The number of aldehydes is 1. The fraction of sp³-hybridized carbons (Fsp3) is 0.417. The molecule has 0 aromatic heterocycles. The molecule has 1 saturated heterocycles. The van der Waals surface area contributed by atoms with E-state index in [0.29, 0.717) is 23.4 Å². The van der Waals surface area contributed by atoms with E-state index in [9.17, 15) is 4.79 Å². The van der Waals surface area contributed by atoms with Crippen LogP contribution in [0, 0.1) is 0 Å². The van der Waals surface area contributed by atoms with E-state index in [1.54, 1.807) is 0 Å². The average Bonchev–Trinajstić information content (AvgIpc) is 2.74. The van der Waals surface area contributed by atoms with Crippen LogP contribution in [0.15, 0.2) is 24.3 Å². The molecule has 1 heterocycles. The van der Waals surface area contributed by atoms with E-state index in [-0.39, 0.29) is 0 Å². The molecule has 98 valence electrons. The van der Waals surface area contributed by atoms with Gasteiger partial charge < -0.3 is 20.7 Å². The monoisotopic (exact) mass is 250 g/mol. The Balaban J connectivity index is 0.000000199. The molecule has 1 fully saturated rings. The van der Waals surface area contributed by atoms with Crippen molar-refractivity contribution in [1.82, 2.24) is 4.90 Å². The van der Waals surface area contributed by atoms with E-state index in [1.807, 2.05) is 0 Å². The Morgan fingerprint density at radius 3 is 2.28 bits per heavy atom. The Kier molecular flexibility index (Phi) is 6.01. The van der Waals surface area contributed by atoms with Crippen LogP contribution in [-0.2, 0) is 0 Å². The first-order valence-electron chi connectivity index (χ1n) is 5.88. The molecule has 0 spiro atoms. The summed E-state index contributed by atoms with van der Waals surface area (Å²) in [4.78, 5) is 12.4. The minimum Gasteiger partial charge on any atom is -0.423 e. The lowest BCUT2D eigenvalue weighted by Crippen LogP contribution is -2.29. The molecule has 1 aromatic carbocycles. The zero-order valence-electron chi connectivity index (χ0n) is 10.5. The standard InChI is InChI=1S/C7H7BO3.C5H12N2/c9-5-6-1-3-7(4-2-6)8(10)11;1-7-3-2-5(6)4-7/h1-5,10-11H;5H,2-4,6H2,1H3. The Labute approximate surface area is 107 Å². The van der Waals surface area contributed by atoms with Gasteiger partial charge in [-0.05, 0) is 25.5 Å². The quantitative estimate of drug-likeness (QED) is 0.454. The molecule has 18 heavy (non-hydrogen) atoms. The maximum absolute atomic E-state index is 10.2. The first kappa shape index (κ1) is 14.9. The van der Waals surface area contributed by atoms with Crippen LogP contribution < -0.4 is 11.2 Å². The number of hydrogen-bond donors (Lipinski definition) is 3. The van der Waals surface area contributed by atoms with Gasteiger partial charge in [-0.1, -0.05) is 24.3 Å². The second kappa shape index (κ2) is 7.28. The summed E-state index contributed by atoms with van der Waals surface area (Å²) in [5.41, 5.74) is 6.49. The van der Waals surface area contributed by atoms with Gasteiger partial charge >= 0.3 is 7.12 Å². The van der Waals surface area contributed by atoms with Gasteiger partial charge in [0.1, 0.15) is 6.29 Å². The molecule has 0 saturated carbocycles. The van der Waals surface area contributed by atoms with Crippen LogP contribution in [0.1, 0.15) is 16.8 Å². The highest BCUT2D eigenvalue weighted by Crippen LogP contribution is 2.01. The maximum atomic E-state index is 10.2. The molecule has 0 radical (unpaired) electrons. The third kappa shape index (κ3) is 4.97. The van der Waals surface area contributed by atoms with E-state index in [0.717, 1.165) is 6.54 Å². The van der Waals surface area contributed by atoms with Crippen molar-refractivity contribution in [2.75, 3.05) is 20.1 Å². The minimum absolute atomic E-state index is 0.385. The van der Waals surface area contributed by atoms with Crippen molar-refractivity contribution in [1.29, 1.82) is 0 Å². The van der Waals surface area contributed by atoms with Gasteiger partial charge in [-0.2, -0.15) is 0 Å². The summed E-state index contributed by atoms with van der Waals surface area (Å²) in [7, 11) is 0.642. The molecule has 0 aliphatic carbocycles. The highest BCUT2D eigenvalue weighted by Gasteiger charge is 2.13. The van der Waals surface area contributed by atoms with Gasteiger partial charge in [-0.3, -0.25) is 4.79 Å². The summed E-state index contributed by atoms with van der Waals surface area (Å²) in [6, 6.07) is 6.50. The molecule has 5 nitrogen and oxygen atoms in total. The normalized spacial score (nSPS) is 19.0. The molecule has 1 aliphatic heterocycles. The molecular weight excluding hydrogens is 231 g/mol. The summed E-state index contributed by atoms with van der Waals surface area (Å²) >= 11 is 0. The Morgan fingerprint density at radius 1 is 1.39 bits per heavy atom. The SMILES string of the molecule is CN1CCC(N)C1.O=Cc1ccc(B(O)O)cc1. The number of carbonyl (C=O) groups is 1. The Morgan fingerprint density at radius 2 is 2.00 bits per heavy atom. The molecule has 4 N–H and O–H groups in total. The number of carbonyl (C=O) groups excluding carboxylic acids is 1. The van der Waals surface area contributed by atoms with Crippen molar-refractivity contribution >= 4 is 18.9 Å². The number of likely N-dealkylation sites (tertiary alicyclic amines) is 1. The molecule has 1 atom stereocenters. The summed E-state index contributed by atoms with van der Waals surface area (Å²) in [6.07, 6.45) is 1.88. The van der Waals surface area contributed by atoms with Crippen LogP contribution in [0.25, 0.3) is 0 Å². The fourth-order valence-corrected chi connectivity index (χ4v) is 1.72. The number of hydrogen-bond acceptors (Lipinski definition) is 5. The third-order valence-corrected chi connectivity index (χ3v) is 2.80. The zero-order valence-corrected chi connectivity index (χ0v) is 10.5. The predicted molar refractivity (Wildman–Crippen MR) is 71.7 cm³/mol. The third-order valence-electron chi connectivity index (χ3n) is 2.80. The van der Waals surface area contributed by atoms with E-state index in [1.165, 1.54) is 37.2 Å². The van der Waals surface area contributed by atoms with E-state index < -0.39 is 7.12 Å². The number of benzene rings is 1. The number of likely N-dealkylation sites (N-methyl/N-ethyl adjacent to an activating group) is 1. The number of nitrogens with two attached hydrogens (primary N) is 1. The first-order chi connectivity index (χ1) is 8.52. The van der Waals surface area contributed by atoms with Crippen LogP contribution in [0.5, 0.6) is 0 Å². The lowest BCUT2D eigenvalue weighted by atomic mass is 9.80. The van der Waals surface area contributed by atoms with Crippen LogP contribution >= 0.6 is 0 Å². The molecule has 1 aromatic rings. The lowest BCUT2D eigenvalue weighted by Gasteiger charge is -2.03. The number of nitrogens with zero attached hydrogens (tertiary/aromatic N) is 1. The predicted octanol–water partition coefficient (Wildman–Crippen LogP) is -1.17. The highest BCUT2D eigenvalue weighted by atomic mass is 16.4. The van der Waals surface area contributed by atoms with Gasteiger partial charge in [0.2, 0.25) is 0 Å². The minimum atomic E-state index is -1.46. The van der Waals surface area contributed by atoms with E-state index in [2.05, 4.69) is 11.9 Å². The molecule has 1 aliphatic rings. The Hall–Kier alpha value is -1.21. The average molecular weight is 250 g/mol. The largest absolute Gasteiger partial charge is 0.488 e. The van der Waals surface area contributed by atoms with E-state index in [4.69, 9.17) is 15.8 Å². The van der Waals surface area contributed by atoms with Gasteiger partial charge in [0.15, 0.2) is 0 Å². The maximum Gasteiger partial charge on any atom is 0.488 e. The van der Waals surface area contributed by atoms with Gasteiger partial charge in [-0.25, -0.2) is 0 Å². The molecular formula is C12H19BN2O3. The zero-order chi connectivity index (χ0) is 13.5. The van der Waals surface area contributed by atoms with Crippen LogP contribution in [0.2, 0.25) is 0 Å². The van der Waals surface area contributed by atoms with Crippen molar-refractivity contribution in [3.63, 3.8) is 0 Å². The van der Waals surface area contributed by atoms with Crippen molar-refractivity contribution in [2.24, 2.45) is 5.73 Å². The van der Waals surface area contributed by atoms with Crippen molar-refractivity contribution in [2.45, 2.75) is 12.5 Å².